The third-order valence-corrected chi connectivity index (χ3v) is 5.58. The summed E-state index contributed by atoms with van der Waals surface area (Å²) in [5.41, 5.74) is 0. The third kappa shape index (κ3) is 4.21. The first-order valence-electron chi connectivity index (χ1n) is 7.72. The highest BCUT2D eigenvalue weighted by molar-refractivity contribution is 7.89. The van der Waals surface area contributed by atoms with Crippen molar-refractivity contribution in [3.8, 4) is 0 Å². The average Bonchev–Trinajstić information content (AvgIpc) is 2.75. The lowest BCUT2D eigenvalue weighted by molar-refractivity contribution is 0.198. The van der Waals surface area contributed by atoms with Gasteiger partial charge in [-0.25, -0.2) is 22.0 Å². The predicted molar refractivity (Wildman–Crippen MR) is 85.0 cm³/mol. The molecule has 1 N–H and O–H groups in total. The first-order valence-corrected chi connectivity index (χ1v) is 9.16. The van der Waals surface area contributed by atoms with Crippen LogP contribution >= 0.6 is 0 Å². The second-order valence-electron chi connectivity index (χ2n) is 5.92. The van der Waals surface area contributed by atoms with E-state index in [0.717, 1.165) is 12.1 Å². The maximum atomic E-state index is 13.3. The quantitative estimate of drug-likeness (QED) is 0.892. The number of halogens is 2. The van der Waals surface area contributed by atoms with E-state index in [0.29, 0.717) is 19.0 Å². The van der Waals surface area contributed by atoms with Crippen molar-refractivity contribution in [1.29, 1.82) is 0 Å². The standard InChI is InChI=1S/C15H21F2N3O3S/c1-11(2)18-15(21)19-6-3-7-20(9-8-19)24(22,23)12-4-5-13(16)14(17)10-12/h4-5,10-11H,3,6-9H2,1-2H3,(H,18,21). The summed E-state index contributed by atoms with van der Waals surface area (Å²) < 4.78 is 52.7. The smallest absolute Gasteiger partial charge is 0.317 e. The van der Waals surface area contributed by atoms with Crippen molar-refractivity contribution in [2.24, 2.45) is 0 Å². The van der Waals surface area contributed by atoms with Gasteiger partial charge < -0.3 is 10.2 Å². The molecule has 0 saturated carbocycles. The molecule has 9 heteroatoms. The Hall–Kier alpha value is -1.74. The van der Waals surface area contributed by atoms with Gasteiger partial charge >= 0.3 is 6.03 Å². The van der Waals surface area contributed by atoms with Gasteiger partial charge in [-0.1, -0.05) is 0 Å². The van der Waals surface area contributed by atoms with Crippen molar-refractivity contribution in [2.75, 3.05) is 26.2 Å². The largest absolute Gasteiger partial charge is 0.336 e. The minimum Gasteiger partial charge on any atom is -0.336 e. The fourth-order valence-electron chi connectivity index (χ4n) is 2.46. The van der Waals surface area contributed by atoms with Crippen molar-refractivity contribution < 1.29 is 22.0 Å². The van der Waals surface area contributed by atoms with Crippen LogP contribution in [0.1, 0.15) is 20.3 Å². The highest BCUT2D eigenvalue weighted by Gasteiger charge is 2.29. The van der Waals surface area contributed by atoms with Crippen LogP contribution in [0.15, 0.2) is 23.1 Å². The summed E-state index contributed by atoms with van der Waals surface area (Å²) >= 11 is 0. The molecule has 1 heterocycles. The SMILES string of the molecule is CC(C)NC(=O)N1CCCN(S(=O)(=O)c2ccc(F)c(F)c2)CC1. The van der Waals surface area contributed by atoms with E-state index in [4.69, 9.17) is 0 Å². The molecule has 1 aliphatic rings. The number of hydrogen-bond acceptors (Lipinski definition) is 3. The summed E-state index contributed by atoms with van der Waals surface area (Å²) in [6, 6.07) is 2.27. The molecule has 0 unspecified atom stereocenters. The molecule has 6 nitrogen and oxygen atoms in total. The van der Waals surface area contributed by atoms with Gasteiger partial charge in [0.05, 0.1) is 4.90 Å². The molecule has 0 atom stereocenters. The molecule has 24 heavy (non-hydrogen) atoms. The zero-order valence-electron chi connectivity index (χ0n) is 13.6. The number of nitrogens with one attached hydrogen (secondary N) is 1. The molecule has 1 fully saturated rings. The van der Waals surface area contributed by atoms with Crippen LogP contribution in [-0.4, -0.2) is 55.9 Å². The first-order chi connectivity index (χ1) is 11.2. The summed E-state index contributed by atoms with van der Waals surface area (Å²) in [6.45, 7) is 4.68. The Morgan fingerprint density at radius 1 is 1.12 bits per heavy atom. The first kappa shape index (κ1) is 18.6. The summed E-state index contributed by atoms with van der Waals surface area (Å²) in [7, 11) is -3.93. The second-order valence-corrected chi connectivity index (χ2v) is 7.86. The number of sulfonamides is 1. The Labute approximate surface area is 140 Å². The van der Waals surface area contributed by atoms with Gasteiger partial charge in [-0.2, -0.15) is 4.31 Å². The molecule has 1 aliphatic heterocycles. The Morgan fingerprint density at radius 2 is 1.83 bits per heavy atom. The van der Waals surface area contributed by atoms with Crippen molar-refractivity contribution >= 4 is 16.1 Å². The molecule has 2 amide bonds. The number of nitrogens with zero attached hydrogens (tertiary/aromatic N) is 2. The zero-order chi connectivity index (χ0) is 17.9. The van der Waals surface area contributed by atoms with E-state index < -0.39 is 21.7 Å². The monoisotopic (exact) mass is 361 g/mol. The maximum absolute atomic E-state index is 13.3. The molecule has 1 saturated heterocycles. The second kappa shape index (κ2) is 7.43. The lowest BCUT2D eigenvalue weighted by Crippen LogP contribution is -2.44. The van der Waals surface area contributed by atoms with E-state index >= 15 is 0 Å². The maximum Gasteiger partial charge on any atom is 0.317 e. The molecule has 0 aliphatic carbocycles. The summed E-state index contributed by atoms with van der Waals surface area (Å²) in [6.07, 6.45) is 0.467. The Balaban J connectivity index is 2.12. The van der Waals surface area contributed by atoms with Crippen LogP contribution in [0, 0.1) is 11.6 Å². The summed E-state index contributed by atoms with van der Waals surface area (Å²) in [4.78, 5) is 13.3. The Morgan fingerprint density at radius 3 is 2.46 bits per heavy atom. The number of carbonyl (C=O) groups excluding carboxylic acids is 1. The Kier molecular flexibility index (Phi) is 5.76. The van der Waals surface area contributed by atoms with Crippen LogP contribution in [-0.2, 0) is 10.0 Å². The highest BCUT2D eigenvalue weighted by Crippen LogP contribution is 2.20. The van der Waals surface area contributed by atoms with Crippen LogP contribution in [0.25, 0.3) is 0 Å². The fourth-order valence-corrected chi connectivity index (χ4v) is 3.94. The zero-order valence-corrected chi connectivity index (χ0v) is 14.4. The number of carbonyl (C=O) groups is 1. The van der Waals surface area contributed by atoms with E-state index in [1.807, 2.05) is 13.8 Å². The molecule has 1 aromatic rings. The van der Waals surface area contributed by atoms with E-state index in [2.05, 4.69) is 5.32 Å². The molecule has 0 bridgehead atoms. The molecule has 134 valence electrons. The van der Waals surface area contributed by atoms with Gasteiger partial charge in [-0.05, 0) is 38.5 Å². The van der Waals surface area contributed by atoms with Gasteiger partial charge in [0, 0.05) is 32.2 Å². The van der Waals surface area contributed by atoms with Crippen molar-refractivity contribution in [2.45, 2.75) is 31.2 Å². The summed E-state index contributed by atoms with van der Waals surface area (Å²) in [5.74, 6) is -2.30. The fraction of sp³-hybridized carbons (Fsp3) is 0.533. The minimum absolute atomic E-state index is 0.0113. The van der Waals surface area contributed by atoms with Crippen LogP contribution in [0.3, 0.4) is 0 Å². The topological polar surface area (TPSA) is 69.7 Å². The van der Waals surface area contributed by atoms with Gasteiger partial charge in [0.2, 0.25) is 10.0 Å². The van der Waals surface area contributed by atoms with Crippen LogP contribution in [0.5, 0.6) is 0 Å². The average molecular weight is 361 g/mol. The number of hydrogen-bond donors (Lipinski definition) is 1. The van der Waals surface area contributed by atoms with Gasteiger partial charge in [0.25, 0.3) is 0 Å². The molecule has 0 radical (unpaired) electrons. The normalized spacial score (nSPS) is 17.0. The van der Waals surface area contributed by atoms with Crippen molar-refractivity contribution in [3.63, 3.8) is 0 Å². The predicted octanol–water partition coefficient (Wildman–Crippen LogP) is 1.78. The number of benzene rings is 1. The van der Waals surface area contributed by atoms with E-state index in [1.165, 1.54) is 4.31 Å². The van der Waals surface area contributed by atoms with Crippen LogP contribution in [0.4, 0.5) is 13.6 Å². The lowest BCUT2D eigenvalue weighted by atomic mass is 10.3. The molecular weight excluding hydrogens is 340 g/mol. The van der Waals surface area contributed by atoms with E-state index in [-0.39, 0.29) is 36.6 Å². The third-order valence-electron chi connectivity index (χ3n) is 3.68. The summed E-state index contributed by atoms with van der Waals surface area (Å²) in [5, 5.41) is 2.77. The van der Waals surface area contributed by atoms with Crippen molar-refractivity contribution in [3.05, 3.63) is 29.8 Å². The number of rotatable bonds is 3. The van der Waals surface area contributed by atoms with E-state index in [9.17, 15) is 22.0 Å². The van der Waals surface area contributed by atoms with Gasteiger partial charge in [0.15, 0.2) is 11.6 Å². The highest BCUT2D eigenvalue weighted by atomic mass is 32.2. The molecule has 0 spiro atoms. The lowest BCUT2D eigenvalue weighted by Gasteiger charge is -2.23. The van der Waals surface area contributed by atoms with Crippen LogP contribution in [0.2, 0.25) is 0 Å². The number of amides is 2. The van der Waals surface area contributed by atoms with Gasteiger partial charge in [0.1, 0.15) is 0 Å². The van der Waals surface area contributed by atoms with E-state index in [1.54, 1.807) is 4.90 Å². The molecular formula is C15H21F2N3O3S. The Bertz CT molecular complexity index is 710. The van der Waals surface area contributed by atoms with Gasteiger partial charge in [-0.15, -0.1) is 0 Å². The molecule has 0 aromatic heterocycles. The molecule has 2 rings (SSSR count). The minimum atomic E-state index is -3.93. The van der Waals surface area contributed by atoms with Crippen molar-refractivity contribution in [1.82, 2.24) is 14.5 Å². The number of urea groups is 1. The van der Waals surface area contributed by atoms with Gasteiger partial charge in [-0.3, -0.25) is 0 Å². The van der Waals surface area contributed by atoms with Crippen LogP contribution < -0.4 is 5.32 Å². The molecule has 1 aromatic carbocycles.